The van der Waals surface area contributed by atoms with Gasteiger partial charge in [0.25, 0.3) is 5.56 Å². The van der Waals surface area contributed by atoms with Crippen LogP contribution in [0, 0.1) is 0 Å². The Balaban J connectivity index is 0.00000133. The van der Waals surface area contributed by atoms with E-state index in [4.69, 9.17) is 5.73 Å². The van der Waals surface area contributed by atoms with Crippen LogP contribution in [-0.4, -0.2) is 39.1 Å². The number of anilines is 1. The molecule has 0 aliphatic carbocycles. The normalized spacial score (nSPS) is 19.4. The van der Waals surface area contributed by atoms with Crippen LogP contribution in [0.1, 0.15) is 12.8 Å². The van der Waals surface area contributed by atoms with Crippen molar-refractivity contribution in [1.82, 2.24) is 19.9 Å². The lowest BCUT2D eigenvalue weighted by atomic mass is 10.1. The molecule has 2 aromatic rings. The van der Waals surface area contributed by atoms with Gasteiger partial charge in [0, 0.05) is 19.1 Å². The summed E-state index contributed by atoms with van der Waals surface area (Å²) in [6, 6.07) is 0.115. The number of nitrogens with two attached hydrogens (primary N) is 1. The average molecular weight is 287 g/mol. The Morgan fingerprint density at radius 2 is 2.05 bits per heavy atom. The molecule has 0 aromatic carbocycles. The molecule has 0 saturated carbocycles. The lowest BCUT2D eigenvalue weighted by molar-refractivity contribution is 0.501. The van der Waals surface area contributed by atoms with Gasteiger partial charge in [0.05, 0.1) is 0 Å². The van der Waals surface area contributed by atoms with Crippen molar-refractivity contribution in [1.29, 1.82) is 0 Å². The van der Waals surface area contributed by atoms with Crippen LogP contribution < -0.4 is 21.9 Å². The van der Waals surface area contributed by atoms with Crippen LogP contribution in [0.25, 0.3) is 11.2 Å². The van der Waals surface area contributed by atoms with Gasteiger partial charge < -0.3 is 15.6 Å². The summed E-state index contributed by atoms with van der Waals surface area (Å²) in [6.07, 6.45) is 1.99. The first-order chi connectivity index (χ1) is 8.63. The first-order valence-corrected chi connectivity index (χ1v) is 5.86. The van der Waals surface area contributed by atoms with Crippen LogP contribution in [0.4, 0.5) is 5.95 Å². The van der Waals surface area contributed by atoms with E-state index in [0.717, 1.165) is 19.4 Å². The van der Waals surface area contributed by atoms with Crippen LogP contribution in [0.3, 0.4) is 0 Å². The average Bonchev–Trinajstić information content (AvgIpc) is 2.73. The fourth-order valence-electron chi connectivity index (χ4n) is 2.27. The molecule has 0 spiro atoms. The second kappa shape index (κ2) is 5.06. The number of H-pyrrole nitrogens is 3. The minimum Gasteiger partial charge on any atom is -0.341 e. The monoisotopic (exact) mass is 286 g/mol. The summed E-state index contributed by atoms with van der Waals surface area (Å²) in [7, 11) is 0. The number of nitrogens with one attached hydrogen (secondary N) is 3. The third-order valence-corrected chi connectivity index (χ3v) is 3.13. The van der Waals surface area contributed by atoms with E-state index in [1.165, 1.54) is 0 Å². The summed E-state index contributed by atoms with van der Waals surface area (Å²) >= 11 is 0. The van der Waals surface area contributed by atoms with E-state index in [-0.39, 0.29) is 29.6 Å². The van der Waals surface area contributed by atoms with E-state index in [1.54, 1.807) is 0 Å². The third-order valence-electron chi connectivity index (χ3n) is 3.13. The molecule has 5 N–H and O–H groups in total. The molecule has 104 valence electrons. The highest BCUT2D eigenvalue weighted by atomic mass is 35.5. The number of imidazole rings is 1. The fraction of sp³-hybridized carbons (Fsp3) is 0.500. The number of piperidine rings is 1. The highest BCUT2D eigenvalue weighted by Crippen LogP contribution is 2.17. The van der Waals surface area contributed by atoms with Crippen molar-refractivity contribution in [2.75, 3.05) is 18.0 Å². The van der Waals surface area contributed by atoms with Gasteiger partial charge in [-0.25, -0.2) is 4.79 Å². The van der Waals surface area contributed by atoms with Crippen molar-refractivity contribution in [2.45, 2.75) is 18.9 Å². The number of hydrogen-bond donors (Lipinski definition) is 4. The molecule has 2 aromatic heterocycles. The number of rotatable bonds is 1. The Morgan fingerprint density at radius 3 is 2.79 bits per heavy atom. The largest absolute Gasteiger partial charge is 0.341 e. The molecule has 0 radical (unpaired) electrons. The number of nitrogens with zero attached hydrogens (tertiary/aromatic N) is 2. The van der Waals surface area contributed by atoms with Crippen molar-refractivity contribution in [3.8, 4) is 0 Å². The second-order valence-electron chi connectivity index (χ2n) is 4.54. The van der Waals surface area contributed by atoms with E-state index < -0.39 is 11.2 Å². The lowest BCUT2D eigenvalue weighted by Crippen LogP contribution is -2.43. The van der Waals surface area contributed by atoms with E-state index in [9.17, 15) is 9.59 Å². The maximum atomic E-state index is 11.6. The van der Waals surface area contributed by atoms with Crippen molar-refractivity contribution < 1.29 is 0 Å². The van der Waals surface area contributed by atoms with Crippen molar-refractivity contribution in [2.24, 2.45) is 5.73 Å². The molecule has 19 heavy (non-hydrogen) atoms. The molecule has 0 amide bonds. The van der Waals surface area contributed by atoms with Crippen molar-refractivity contribution in [3.63, 3.8) is 0 Å². The highest BCUT2D eigenvalue weighted by Gasteiger charge is 2.20. The third kappa shape index (κ3) is 2.49. The Hall–Kier alpha value is -1.80. The van der Waals surface area contributed by atoms with Gasteiger partial charge in [-0.1, -0.05) is 0 Å². The molecule has 3 heterocycles. The Kier molecular flexibility index (Phi) is 3.63. The van der Waals surface area contributed by atoms with E-state index in [1.807, 2.05) is 4.90 Å². The molecule has 1 aliphatic heterocycles. The van der Waals surface area contributed by atoms with Gasteiger partial charge in [-0.05, 0) is 12.8 Å². The fourth-order valence-corrected chi connectivity index (χ4v) is 2.27. The summed E-state index contributed by atoms with van der Waals surface area (Å²) in [4.78, 5) is 36.5. The van der Waals surface area contributed by atoms with Gasteiger partial charge in [-0.15, -0.1) is 12.4 Å². The van der Waals surface area contributed by atoms with Crippen LogP contribution in [0.15, 0.2) is 9.59 Å². The number of hydrogen-bond acceptors (Lipinski definition) is 5. The molecular formula is C10H15ClN6O2. The predicted molar refractivity (Wildman–Crippen MR) is 74.0 cm³/mol. The van der Waals surface area contributed by atoms with E-state index in [2.05, 4.69) is 19.9 Å². The number of halogens is 1. The van der Waals surface area contributed by atoms with E-state index in [0.29, 0.717) is 12.5 Å². The van der Waals surface area contributed by atoms with Crippen LogP contribution in [0.5, 0.6) is 0 Å². The summed E-state index contributed by atoms with van der Waals surface area (Å²) in [6.45, 7) is 1.54. The highest BCUT2D eigenvalue weighted by molar-refractivity contribution is 5.85. The molecule has 1 aliphatic rings. The first-order valence-electron chi connectivity index (χ1n) is 5.86. The first kappa shape index (κ1) is 13.6. The summed E-state index contributed by atoms with van der Waals surface area (Å²) in [5.41, 5.74) is 5.44. The van der Waals surface area contributed by atoms with Gasteiger partial charge >= 0.3 is 5.69 Å². The molecule has 1 saturated heterocycles. The van der Waals surface area contributed by atoms with Crippen molar-refractivity contribution >= 4 is 29.5 Å². The summed E-state index contributed by atoms with van der Waals surface area (Å²) < 4.78 is 0. The zero-order valence-electron chi connectivity index (χ0n) is 10.1. The Morgan fingerprint density at radius 1 is 1.26 bits per heavy atom. The molecular weight excluding hydrogens is 272 g/mol. The minimum atomic E-state index is -0.555. The minimum absolute atomic E-state index is 0. The Labute approximate surface area is 113 Å². The summed E-state index contributed by atoms with van der Waals surface area (Å²) in [5, 5.41) is 0. The molecule has 1 atom stereocenters. The van der Waals surface area contributed by atoms with Crippen LogP contribution in [-0.2, 0) is 0 Å². The molecule has 8 nitrogen and oxygen atoms in total. The molecule has 0 bridgehead atoms. The number of aromatic nitrogens is 4. The summed E-state index contributed by atoms with van der Waals surface area (Å²) in [5.74, 6) is 0.576. The molecule has 9 heteroatoms. The smallest absolute Gasteiger partial charge is 0.327 e. The van der Waals surface area contributed by atoms with Gasteiger partial charge in [0.1, 0.15) is 0 Å². The number of aromatic amines is 3. The number of fused-ring (bicyclic) bond motifs is 1. The van der Waals surface area contributed by atoms with Crippen LogP contribution in [0.2, 0.25) is 0 Å². The SMILES string of the molecule is Cl.NC1CCCN(c2nc3[nH]c(=O)[nH]c(=O)c3[nH]2)C1. The topological polar surface area (TPSA) is 124 Å². The second-order valence-corrected chi connectivity index (χ2v) is 4.54. The molecule has 1 fully saturated rings. The van der Waals surface area contributed by atoms with Crippen molar-refractivity contribution in [3.05, 3.63) is 20.8 Å². The maximum absolute atomic E-state index is 11.6. The quantitative estimate of drug-likeness (QED) is 0.551. The van der Waals surface area contributed by atoms with E-state index >= 15 is 0 Å². The molecule has 3 rings (SSSR count). The van der Waals surface area contributed by atoms with Gasteiger partial charge in [-0.3, -0.25) is 14.8 Å². The zero-order valence-corrected chi connectivity index (χ0v) is 10.9. The predicted octanol–water partition coefficient (Wildman–Crippen LogP) is -0.711. The standard InChI is InChI=1S/C10H14N6O2.ClH/c11-5-2-1-3-16(4-5)9-12-6-7(13-9)14-10(18)15-8(6)17;/h5H,1-4,11H2,(H3,12,13,14,15,17,18);1H. The van der Waals surface area contributed by atoms with Gasteiger partial charge in [-0.2, -0.15) is 4.98 Å². The van der Waals surface area contributed by atoms with Crippen LogP contribution >= 0.6 is 12.4 Å². The lowest BCUT2D eigenvalue weighted by Gasteiger charge is -2.30. The zero-order chi connectivity index (χ0) is 12.7. The molecule has 1 unspecified atom stereocenters. The van der Waals surface area contributed by atoms with Gasteiger partial charge in [0.15, 0.2) is 11.2 Å². The van der Waals surface area contributed by atoms with Gasteiger partial charge in [0.2, 0.25) is 5.95 Å². The maximum Gasteiger partial charge on any atom is 0.327 e. The Bertz CT molecular complexity index is 689.